The Bertz CT molecular complexity index is 724. The second-order valence-corrected chi connectivity index (χ2v) is 6.77. The van der Waals surface area contributed by atoms with Crippen molar-refractivity contribution >= 4 is 21.4 Å². The number of hydrogen-bond acceptors (Lipinski definition) is 3. The summed E-state index contributed by atoms with van der Waals surface area (Å²) in [6.45, 7) is 7.80. The fourth-order valence-electron chi connectivity index (χ4n) is 2.38. The highest BCUT2D eigenvalue weighted by Gasteiger charge is 2.17. The molecule has 5 heteroatoms. The molecule has 0 radical (unpaired) electrons. The molecule has 2 aromatic rings. The minimum absolute atomic E-state index is 0.281. The summed E-state index contributed by atoms with van der Waals surface area (Å²) in [5.41, 5.74) is 2.59. The van der Waals surface area contributed by atoms with Gasteiger partial charge in [0.1, 0.15) is 0 Å². The van der Waals surface area contributed by atoms with Gasteiger partial charge in [-0.1, -0.05) is 24.3 Å². The number of nitrogens with one attached hydrogen (secondary N) is 1. The van der Waals surface area contributed by atoms with Gasteiger partial charge in [0.25, 0.3) is 10.0 Å². The zero-order valence-electron chi connectivity index (χ0n) is 13.2. The Kier molecular flexibility index (Phi) is 5.08. The molecule has 0 saturated heterocycles. The zero-order chi connectivity index (χ0) is 16.2. The largest absolute Gasteiger partial charge is 0.372 e. The normalized spacial score (nSPS) is 11.2. The standard InChI is InChI=1S/C17H22N2O2S/c1-4-19(5-2)17-13-16(12-11-14(17)3)22(20,21)18-15-9-7-6-8-10-15/h6-13,18H,4-5H2,1-3H3. The van der Waals surface area contributed by atoms with Gasteiger partial charge in [0, 0.05) is 24.5 Å². The van der Waals surface area contributed by atoms with Gasteiger partial charge in [0.2, 0.25) is 0 Å². The first-order chi connectivity index (χ1) is 10.5. The SMILES string of the molecule is CCN(CC)c1cc(S(=O)(=O)Nc2ccccc2)ccc1C. The summed E-state index contributed by atoms with van der Waals surface area (Å²) < 4.78 is 27.7. The van der Waals surface area contributed by atoms with Crippen molar-refractivity contribution in [1.29, 1.82) is 0 Å². The number of para-hydroxylation sites is 1. The van der Waals surface area contributed by atoms with Crippen molar-refractivity contribution in [1.82, 2.24) is 0 Å². The van der Waals surface area contributed by atoms with Gasteiger partial charge in [-0.05, 0) is 50.6 Å². The van der Waals surface area contributed by atoms with Crippen LogP contribution in [0.15, 0.2) is 53.4 Å². The van der Waals surface area contributed by atoms with E-state index in [0.717, 1.165) is 24.3 Å². The van der Waals surface area contributed by atoms with E-state index in [9.17, 15) is 8.42 Å². The van der Waals surface area contributed by atoms with Crippen molar-refractivity contribution in [3.63, 3.8) is 0 Å². The highest BCUT2D eigenvalue weighted by Crippen LogP contribution is 2.25. The molecular weight excluding hydrogens is 296 g/mol. The van der Waals surface area contributed by atoms with Crippen molar-refractivity contribution < 1.29 is 8.42 Å². The van der Waals surface area contributed by atoms with E-state index >= 15 is 0 Å². The summed E-state index contributed by atoms with van der Waals surface area (Å²) in [6.07, 6.45) is 0. The molecule has 0 bridgehead atoms. The molecular formula is C17H22N2O2S. The number of anilines is 2. The van der Waals surface area contributed by atoms with E-state index < -0.39 is 10.0 Å². The number of sulfonamides is 1. The lowest BCUT2D eigenvalue weighted by atomic mass is 10.2. The minimum Gasteiger partial charge on any atom is -0.372 e. The van der Waals surface area contributed by atoms with E-state index in [1.807, 2.05) is 19.1 Å². The van der Waals surface area contributed by atoms with E-state index in [4.69, 9.17) is 0 Å². The molecule has 0 heterocycles. The van der Waals surface area contributed by atoms with Crippen LogP contribution in [-0.2, 0) is 10.0 Å². The number of aryl methyl sites for hydroxylation is 1. The minimum atomic E-state index is -3.58. The Morgan fingerprint density at radius 1 is 1.00 bits per heavy atom. The Hall–Kier alpha value is -2.01. The van der Waals surface area contributed by atoms with Gasteiger partial charge < -0.3 is 4.90 Å². The monoisotopic (exact) mass is 318 g/mol. The molecule has 0 aliphatic carbocycles. The average molecular weight is 318 g/mol. The Balaban J connectivity index is 2.37. The first-order valence-electron chi connectivity index (χ1n) is 7.41. The van der Waals surface area contributed by atoms with Gasteiger partial charge in [-0.25, -0.2) is 8.42 Å². The molecule has 0 unspecified atom stereocenters. The van der Waals surface area contributed by atoms with Crippen LogP contribution in [0.1, 0.15) is 19.4 Å². The van der Waals surface area contributed by atoms with Crippen molar-refractivity contribution in [2.75, 3.05) is 22.7 Å². The number of nitrogens with zero attached hydrogens (tertiary/aromatic N) is 1. The maximum atomic E-state index is 12.5. The van der Waals surface area contributed by atoms with Gasteiger partial charge in [-0.2, -0.15) is 0 Å². The average Bonchev–Trinajstić information content (AvgIpc) is 2.50. The second-order valence-electron chi connectivity index (χ2n) is 5.09. The lowest BCUT2D eigenvalue weighted by Gasteiger charge is -2.24. The van der Waals surface area contributed by atoms with Crippen LogP contribution in [0.2, 0.25) is 0 Å². The van der Waals surface area contributed by atoms with Crippen LogP contribution in [0.5, 0.6) is 0 Å². The summed E-state index contributed by atoms with van der Waals surface area (Å²) in [4.78, 5) is 2.43. The summed E-state index contributed by atoms with van der Waals surface area (Å²) in [5.74, 6) is 0. The molecule has 118 valence electrons. The molecule has 0 aliphatic rings. The number of benzene rings is 2. The molecule has 0 amide bonds. The maximum Gasteiger partial charge on any atom is 0.261 e. The molecule has 0 aliphatic heterocycles. The summed E-state index contributed by atoms with van der Waals surface area (Å²) in [6, 6.07) is 14.2. The Morgan fingerprint density at radius 3 is 2.23 bits per heavy atom. The highest BCUT2D eigenvalue weighted by atomic mass is 32.2. The molecule has 0 atom stereocenters. The zero-order valence-corrected chi connectivity index (χ0v) is 14.0. The fourth-order valence-corrected chi connectivity index (χ4v) is 3.46. The first-order valence-corrected chi connectivity index (χ1v) is 8.89. The maximum absolute atomic E-state index is 12.5. The molecule has 0 fully saturated rings. The van der Waals surface area contributed by atoms with Crippen molar-refractivity contribution in [3.8, 4) is 0 Å². The molecule has 1 N–H and O–H groups in total. The second kappa shape index (κ2) is 6.83. The van der Waals surface area contributed by atoms with E-state index in [1.54, 1.807) is 36.4 Å². The summed E-state index contributed by atoms with van der Waals surface area (Å²) in [7, 11) is -3.58. The first kappa shape index (κ1) is 16.4. The van der Waals surface area contributed by atoms with E-state index in [0.29, 0.717) is 5.69 Å². The van der Waals surface area contributed by atoms with E-state index in [1.165, 1.54) is 0 Å². The molecule has 2 rings (SSSR count). The lowest BCUT2D eigenvalue weighted by molar-refractivity contribution is 0.601. The third-order valence-corrected chi connectivity index (χ3v) is 5.00. The van der Waals surface area contributed by atoms with Crippen molar-refractivity contribution in [3.05, 3.63) is 54.1 Å². The van der Waals surface area contributed by atoms with Crippen LogP contribution in [0, 0.1) is 6.92 Å². The van der Waals surface area contributed by atoms with Crippen molar-refractivity contribution in [2.24, 2.45) is 0 Å². The van der Waals surface area contributed by atoms with Gasteiger partial charge in [0.15, 0.2) is 0 Å². The van der Waals surface area contributed by atoms with Crippen LogP contribution in [0.3, 0.4) is 0 Å². The molecule has 0 saturated carbocycles. The van der Waals surface area contributed by atoms with Crippen molar-refractivity contribution in [2.45, 2.75) is 25.7 Å². The van der Waals surface area contributed by atoms with Crippen LogP contribution < -0.4 is 9.62 Å². The fraction of sp³-hybridized carbons (Fsp3) is 0.294. The molecule has 0 aromatic heterocycles. The van der Waals surface area contributed by atoms with E-state index in [-0.39, 0.29) is 4.90 Å². The van der Waals surface area contributed by atoms with Crippen LogP contribution in [0.25, 0.3) is 0 Å². The number of rotatable bonds is 6. The predicted molar refractivity (Wildman–Crippen MR) is 92.0 cm³/mol. The van der Waals surface area contributed by atoms with Gasteiger partial charge >= 0.3 is 0 Å². The topological polar surface area (TPSA) is 49.4 Å². The third kappa shape index (κ3) is 3.60. The van der Waals surface area contributed by atoms with Crippen LogP contribution in [0.4, 0.5) is 11.4 Å². The quantitative estimate of drug-likeness (QED) is 0.884. The van der Waals surface area contributed by atoms with Gasteiger partial charge in [-0.3, -0.25) is 4.72 Å². The predicted octanol–water partition coefficient (Wildman–Crippen LogP) is 3.64. The van der Waals surface area contributed by atoms with Gasteiger partial charge in [0.05, 0.1) is 4.90 Å². The molecule has 4 nitrogen and oxygen atoms in total. The highest BCUT2D eigenvalue weighted by molar-refractivity contribution is 7.92. The third-order valence-electron chi connectivity index (χ3n) is 3.62. The molecule has 2 aromatic carbocycles. The Morgan fingerprint density at radius 2 is 1.64 bits per heavy atom. The van der Waals surface area contributed by atoms with Gasteiger partial charge in [-0.15, -0.1) is 0 Å². The Labute approximate surface area is 132 Å². The molecule has 22 heavy (non-hydrogen) atoms. The smallest absolute Gasteiger partial charge is 0.261 e. The van der Waals surface area contributed by atoms with E-state index in [2.05, 4.69) is 23.5 Å². The number of hydrogen-bond donors (Lipinski definition) is 1. The van der Waals surface area contributed by atoms with Crippen LogP contribution >= 0.6 is 0 Å². The molecule has 0 spiro atoms. The lowest BCUT2D eigenvalue weighted by Crippen LogP contribution is -2.23. The summed E-state index contributed by atoms with van der Waals surface area (Å²) in [5, 5.41) is 0. The van der Waals surface area contributed by atoms with Crippen LogP contribution in [-0.4, -0.2) is 21.5 Å². The summed E-state index contributed by atoms with van der Waals surface area (Å²) >= 11 is 0.